The van der Waals surface area contributed by atoms with Crippen molar-refractivity contribution in [2.45, 2.75) is 57.2 Å². The summed E-state index contributed by atoms with van der Waals surface area (Å²) in [4.78, 5) is 28.6. The van der Waals surface area contributed by atoms with E-state index in [2.05, 4.69) is 17.9 Å². The second kappa shape index (κ2) is 5.88. The van der Waals surface area contributed by atoms with Gasteiger partial charge in [0.1, 0.15) is 0 Å². The maximum Gasteiger partial charge on any atom is 0.308 e. The quantitative estimate of drug-likeness (QED) is 0.925. The minimum absolute atomic E-state index is 0.0341. The summed E-state index contributed by atoms with van der Waals surface area (Å²) >= 11 is 0. The second-order valence-corrected chi connectivity index (χ2v) is 7.43. The maximum atomic E-state index is 13.1. The van der Waals surface area contributed by atoms with Crippen LogP contribution in [0.3, 0.4) is 0 Å². The third kappa shape index (κ3) is 2.42. The summed E-state index contributed by atoms with van der Waals surface area (Å²) in [6.45, 7) is 2.45. The lowest BCUT2D eigenvalue weighted by Gasteiger charge is -2.37. The zero-order valence-electron chi connectivity index (χ0n) is 14.0. The van der Waals surface area contributed by atoms with Crippen LogP contribution in [-0.4, -0.2) is 46.6 Å². The Morgan fingerprint density at radius 3 is 2.75 bits per heavy atom. The number of nitrogens with zero attached hydrogens (tertiary/aromatic N) is 2. The fraction of sp³-hybridized carbons (Fsp3) is 0.579. The van der Waals surface area contributed by atoms with Crippen LogP contribution in [0.15, 0.2) is 24.3 Å². The Bertz CT molecular complexity index is 674. The minimum Gasteiger partial charge on any atom is -0.481 e. The van der Waals surface area contributed by atoms with Gasteiger partial charge in [-0.3, -0.25) is 14.5 Å². The molecule has 2 fully saturated rings. The van der Waals surface area contributed by atoms with Crippen LogP contribution >= 0.6 is 0 Å². The molecule has 0 saturated carbocycles. The maximum absolute atomic E-state index is 13.1. The van der Waals surface area contributed by atoms with Crippen LogP contribution in [0.25, 0.3) is 0 Å². The molecule has 0 aromatic heterocycles. The van der Waals surface area contributed by atoms with Crippen molar-refractivity contribution < 1.29 is 14.7 Å². The van der Waals surface area contributed by atoms with Crippen molar-refractivity contribution in [3.05, 3.63) is 29.8 Å². The molecule has 24 heavy (non-hydrogen) atoms. The molecule has 1 aromatic rings. The number of aryl methyl sites for hydroxylation is 1. The Labute approximate surface area is 142 Å². The first-order valence-corrected chi connectivity index (χ1v) is 8.94. The fourth-order valence-electron chi connectivity index (χ4n) is 4.91. The van der Waals surface area contributed by atoms with Gasteiger partial charge in [0.2, 0.25) is 5.91 Å². The SMILES string of the molecule is CC1CCc2ccccc2N1C(=O)CN1C2CCC1C(C(=O)O)C2. The average Bonchev–Trinajstić information content (AvgIpc) is 3.11. The molecule has 4 rings (SSSR count). The number of carbonyl (C=O) groups excluding carboxylic acids is 1. The lowest BCUT2D eigenvalue weighted by molar-refractivity contribution is -0.143. The van der Waals surface area contributed by atoms with E-state index in [9.17, 15) is 14.7 Å². The fourth-order valence-corrected chi connectivity index (χ4v) is 4.91. The highest BCUT2D eigenvalue weighted by Crippen LogP contribution is 2.42. The number of aliphatic carboxylic acids is 1. The van der Waals surface area contributed by atoms with Gasteiger partial charge in [0.05, 0.1) is 12.5 Å². The third-order valence-electron chi connectivity index (χ3n) is 6.11. The summed E-state index contributed by atoms with van der Waals surface area (Å²) < 4.78 is 0. The highest BCUT2D eigenvalue weighted by atomic mass is 16.4. The molecular weight excluding hydrogens is 304 g/mol. The summed E-state index contributed by atoms with van der Waals surface area (Å²) in [5, 5.41) is 9.39. The monoisotopic (exact) mass is 328 g/mol. The zero-order chi connectivity index (χ0) is 16.8. The topological polar surface area (TPSA) is 60.9 Å². The number of rotatable bonds is 3. The van der Waals surface area contributed by atoms with Gasteiger partial charge in [0.15, 0.2) is 0 Å². The Hall–Kier alpha value is -1.88. The number of carboxylic acid groups (broad SMARTS) is 1. The molecule has 1 aromatic carbocycles. The average molecular weight is 328 g/mol. The number of hydrogen-bond donors (Lipinski definition) is 1. The van der Waals surface area contributed by atoms with E-state index in [0.29, 0.717) is 13.0 Å². The predicted molar refractivity (Wildman–Crippen MR) is 91.0 cm³/mol. The first-order valence-electron chi connectivity index (χ1n) is 8.94. The molecule has 0 radical (unpaired) electrons. The number of fused-ring (bicyclic) bond motifs is 3. The summed E-state index contributed by atoms with van der Waals surface area (Å²) in [5.74, 6) is -0.906. The number of benzene rings is 1. The Morgan fingerprint density at radius 2 is 2.00 bits per heavy atom. The molecule has 4 unspecified atom stereocenters. The first kappa shape index (κ1) is 15.6. The largest absolute Gasteiger partial charge is 0.481 e. The molecule has 2 bridgehead atoms. The van der Waals surface area contributed by atoms with Crippen LogP contribution in [0.2, 0.25) is 0 Å². The van der Waals surface area contributed by atoms with E-state index >= 15 is 0 Å². The van der Waals surface area contributed by atoms with Crippen LogP contribution in [-0.2, 0) is 16.0 Å². The zero-order valence-corrected chi connectivity index (χ0v) is 14.0. The smallest absolute Gasteiger partial charge is 0.308 e. The molecule has 0 spiro atoms. The molecule has 3 aliphatic rings. The van der Waals surface area contributed by atoms with Gasteiger partial charge < -0.3 is 10.0 Å². The van der Waals surface area contributed by atoms with Gasteiger partial charge in [0, 0.05) is 23.8 Å². The van der Waals surface area contributed by atoms with Gasteiger partial charge in [0.25, 0.3) is 0 Å². The van der Waals surface area contributed by atoms with E-state index in [4.69, 9.17) is 0 Å². The predicted octanol–water partition coefficient (Wildman–Crippen LogP) is 2.29. The van der Waals surface area contributed by atoms with Gasteiger partial charge in [-0.1, -0.05) is 18.2 Å². The molecule has 5 nitrogen and oxygen atoms in total. The van der Waals surface area contributed by atoms with Gasteiger partial charge in [-0.25, -0.2) is 0 Å². The number of anilines is 1. The van der Waals surface area contributed by atoms with Crippen LogP contribution < -0.4 is 4.90 Å². The molecule has 1 amide bonds. The molecular formula is C19H24N2O3. The highest BCUT2D eigenvalue weighted by Gasteiger charge is 2.50. The van der Waals surface area contributed by atoms with E-state index in [1.807, 2.05) is 23.1 Å². The van der Waals surface area contributed by atoms with Crippen LogP contribution in [0.5, 0.6) is 0 Å². The Kier molecular flexibility index (Phi) is 3.83. The van der Waals surface area contributed by atoms with Crippen LogP contribution in [0.4, 0.5) is 5.69 Å². The number of carboxylic acids is 1. The summed E-state index contributed by atoms with van der Waals surface area (Å²) in [6.07, 6.45) is 4.61. The molecule has 2 saturated heterocycles. The van der Waals surface area contributed by atoms with Gasteiger partial charge in [-0.2, -0.15) is 0 Å². The molecule has 4 atom stereocenters. The van der Waals surface area contributed by atoms with Crippen molar-refractivity contribution in [1.29, 1.82) is 0 Å². The Morgan fingerprint density at radius 1 is 1.21 bits per heavy atom. The van der Waals surface area contributed by atoms with Gasteiger partial charge >= 0.3 is 5.97 Å². The van der Waals surface area contributed by atoms with Gasteiger partial charge in [-0.15, -0.1) is 0 Å². The highest BCUT2D eigenvalue weighted by molar-refractivity contribution is 5.96. The van der Waals surface area contributed by atoms with Crippen molar-refractivity contribution in [3.63, 3.8) is 0 Å². The normalized spacial score (nSPS) is 32.0. The van der Waals surface area contributed by atoms with Crippen molar-refractivity contribution in [1.82, 2.24) is 4.90 Å². The number of para-hydroxylation sites is 1. The van der Waals surface area contributed by atoms with E-state index in [0.717, 1.165) is 31.4 Å². The van der Waals surface area contributed by atoms with Crippen molar-refractivity contribution >= 4 is 17.6 Å². The number of amides is 1. The summed E-state index contributed by atoms with van der Waals surface area (Å²) in [7, 11) is 0. The van der Waals surface area contributed by atoms with Crippen LogP contribution in [0.1, 0.15) is 38.2 Å². The number of carbonyl (C=O) groups is 2. The number of hydrogen-bond acceptors (Lipinski definition) is 3. The van der Waals surface area contributed by atoms with E-state index in [-0.39, 0.29) is 30.0 Å². The summed E-state index contributed by atoms with van der Waals surface area (Å²) in [6, 6.07) is 8.63. The lowest BCUT2D eigenvalue weighted by atomic mass is 9.89. The molecule has 0 aliphatic carbocycles. The Balaban J connectivity index is 1.54. The molecule has 1 N–H and O–H groups in total. The molecule has 5 heteroatoms. The van der Waals surface area contributed by atoms with E-state index in [1.165, 1.54) is 5.56 Å². The van der Waals surface area contributed by atoms with Crippen molar-refractivity contribution in [2.75, 3.05) is 11.4 Å². The standard InChI is InChI=1S/C19H24N2O3/c1-12-6-7-13-4-2-3-5-16(13)21(12)18(22)11-20-14-8-9-17(20)15(10-14)19(23)24/h2-5,12,14-15,17H,6-11H2,1H3,(H,23,24). The van der Waals surface area contributed by atoms with Gasteiger partial charge in [-0.05, 0) is 50.7 Å². The van der Waals surface area contributed by atoms with E-state index in [1.54, 1.807) is 0 Å². The van der Waals surface area contributed by atoms with Crippen molar-refractivity contribution in [2.24, 2.45) is 5.92 Å². The molecule has 3 aliphatic heterocycles. The third-order valence-corrected chi connectivity index (χ3v) is 6.11. The minimum atomic E-state index is -0.712. The van der Waals surface area contributed by atoms with E-state index < -0.39 is 5.97 Å². The molecule has 128 valence electrons. The lowest BCUT2D eigenvalue weighted by Crippen LogP contribution is -2.48. The van der Waals surface area contributed by atoms with Crippen molar-refractivity contribution in [3.8, 4) is 0 Å². The first-order chi connectivity index (χ1) is 11.6. The molecule has 3 heterocycles. The van der Waals surface area contributed by atoms with Crippen LogP contribution in [0, 0.1) is 5.92 Å². The summed E-state index contributed by atoms with van der Waals surface area (Å²) in [5.41, 5.74) is 2.26. The second-order valence-electron chi connectivity index (χ2n) is 7.43.